The van der Waals surface area contributed by atoms with Crippen LogP contribution >= 0.6 is 0 Å². The van der Waals surface area contributed by atoms with Gasteiger partial charge >= 0.3 is 6.18 Å². The van der Waals surface area contributed by atoms with Crippen LogP contribution in [-0.2, 0) is 19.3 Å². The molecular formula is C24H32F3N5O2. The van der Waals surface area contributed by atoms with Crippen molar-refractivity contribution in [3.05, 3.63) is 58.1 Å². The molecule has 34 heavy (non-hydrogen) atoms. The quantitative estimate of drug-likeness (QED) is 0.147. The second-order valence-corrected chi connectivity index (χ2v) is 7.86. The van der Waals surface area contributed by atoms with Gasteiger partial charge in [-0.05, 0) is 36.5 Å². The maximum absolute atomic E-state index is 13.3. The van der Waals surface area contributed by atoms with E-state index in [4.69, 9.17) is 21.8 Å². The van der Waals surface area contributed by atoms with Crippen LogP contribution in [0.2, 0.25) is 0 Å². The second-order valence-electron chi connectivity index (χ2n) is 7.86. The van der Waals surface area contributed by atoms with Crippen molar-refractivity contribution < 1.29 is 23.0 Å². The number of hydrazine groups is 1. The molecule has 0 aliphatic heterocycles. The van der Waals surface area contributed by atoms with Crippen molar-refractivity contribution in [2.24, 2.45) is 16.8 Å². The second kappa shape index (κ2) is 11.7. The van der Waals surface area contributed by atoms with E-state index < -0.39 is 29.3 Å². The molecule has 0 amide bonds. The van der Waals surface area contributed by atoms with Gasteiger partial charge in [0.25, 0.3) is 0 Å². The number of phenolic OH excluding ortho intramolecular Hbond substituents is 1. The Morgan fingerprint density at radius 3 is 2.24 bits per heavy atom. The average Bonchev–Trinajstić information content (AvgIpc) is 2.81. The minimum absolute atomic E-state index is 0.0979. The Morgan fingerprint density at radius 2 is 1.76 bits per heavy atom. The predicted molar refractivity (Wildman–Crippen MR) is 127 cm³/mol. The monoisotopic (exact) mass is 479 g/mol. The van der Waals surface area contributed by atoms with Gasteiger partial charge in [0.1, 0.15) is 17.2 Å². The van der Waals surface area contributed by atoms with Gasteiger partial charge < -0.3 is 21.1 Å². The van der Waals surface area contributed by atoms with Crippen molar-refractivity contribution in [1.82, 2.24) is 5.43 Å². The highest BCUT2D eigenvalue weighted by Crippen LogP contribution is 2.41. The molecule has 7 nitrogen and oxygen atoms in total. The lowest BCUT2D eigenvalue weighted by Gasteiger charge is -2.26. The fourth-order valence-electron chi connectivity index (χ4n) is 3.71. The molecule has 0 spiro atoms. The van der Waals surface area contributed by atoms with Crippen molar-refractivity contribution in [3.8, 4) is 11.5 Å². The summed E-state index contributed by atoms with van der Waals surface area (Å²) in [5.74, 6) is 10.9. The van der Waals surface area contributed by atoms with Gasteiger partial charge in [-0.15, -0.1) is 0 Å². The minimum Gasteiger partial charge on any atom is -0.507 e. The number of rotatable bonds is 10. The number of amidine groups is 1. The summed E-state index contributed by atoms with van der Waals surface area (Å²) in [5.41, 5.74) is 2.64. The van der Waals surface area contributed by atoms with E-state index in [9.17, 15) is 18.3 Å². The number of hydrogen-bond acceptors (Lipinski definition) is 6. The first-order chi connectivity index (χ1) is 16.1. The smallest absolute Gasteiger partial charge is 0.433 e. The average molecular weight is 480 g/mol. The van der Waals surface area contributed by atoms with Crippen molar-refractivity contribution >= 4 is 11.5 Å². The zero-order valence-corrected chi connectivity index (χ0v) is 19.6. The number of ether oxygens (including phenoxy) is 1. The number of phenols is 1. The zero-order chi connectivity index (χ0) is 25.5. The molecule has 0 saturated heterocycles. The first-order valence-electron chi connectivity index (χ1n) is 11.2. The molecule has 0 aliphatic rings. The molecule has 0 fully saturated rings. The largest absolute Gasteiger partial charge is 0.507 e. The molecule has 186 valence electrons. The summed E-state index contributed by atoms with van der Waals surface area (Å²) in [4.78, 5) is 0. The number of hydrazone groups is 1. The standard InChI is InChI=1S/C24H32F3N5O2/c1-4-7-16-13-18(22(28)24(25,26)27)19(33)17(8-5-2)20(16)34-21(23(31-29)32-30)15-11-9-14(6-3)10-12-15/h9-13,21,28,33H,4-8,29-30H2,1-3H3,(H,31,32). The number of aromatic hydroxyl groups is 1. The van der Waals surface area contributed by atoms with Crippen LogP contribution in [-0.4, -0.2) is 22.8 Å². The number of nitrogens with one attached hydrogen (secondary N) is 2. The van der Waals surface area contributed by atoms with Crippen LogP contribution in [0.5, 0.6) is 11.5 Å². The van der Waals surface area contributed by atoms with Gasteiger partial charge in [0.15, 0.2) is 11.9 Å². The minimum atomic E-state index is -4.90. The van der Waals surface area contributed by atoms with E-state index in [0.29, 0.717) is 30.4 Å². The highest BCUT2D eigenvalue weighted by molar-refractivity contribution is 6.05. The van der Waals surface area contributed by atoms with Crippen molar-refractivity contribution in [2.45, 2.75) is 65.2 Å². The summed E-state index contributed by atoms with van der Waals surface area (Å²) in [5, 5.41) is 22.1. The van der Waals surface area contributed by atoms with Crippen LogP contribution in [0.3, 0.4) is 0 Å². The van der Waals surface area contributed by atoms with Gasteiger partial charge in [-0.1, -0.05) is 57.9 Å². The Kier molecular flexibility index (Phi) is 9.31. The predicted octanol–water partition coefficient (Wildman–Crippen LogP) is 4.65. The molecule has 2 aromatic carbocycles. The van der Waals surface area contributed by atoms with Gasteiger partial charge in [-0.3, -0.25) is 5.41 Å². The molecule has 0 bridgehead atoms. The van der Waals surface area contributed by atoms with E-state index >= 15 is 0 Å². The Labute approximate surface area is 197 Å². The molecule has 0 aliphatic carbocycles. The van der Waals surface area contributed by atoms with Crippen molar-refractivity contribution in [3.63, 3.8) is 0 Å². The third-order valence-electron chi connectivity index (χ3n) is 5.46. The lowest BCUT2D eigenvalue weighted by atomic mass is 9.94. The lowest BCUT2D eigenvalue weighted by molar-refractivity contribution is -0.0588. The molecule has 2 aromatic rings. The van der Waals surface area contributed by atoms with E-state index in [0.717, 1.165) is 12.0 Å². The van der Waals surface area contributed by atoms with Crippen LogP contribution in [0.25, 0.3) is 0 Å². The Hall–Kier alpha value is -3.27. The summed E-state index contributed by atoms with van der Waals surface area (Å²) in [6.45, 7) is 5.73. The number of nitrogens with zero attached hydrogens (tertiary/aromatic N) is 1. The Bertz CT molecular complexity index is 1020. The lowest BCUT2D eigenvalue weighted by Crippen LogP contribution is -2.38. The van der Waals surface area contributed by atoms with Crippen molar-refractivity contribution in [2.75, 3.05) is 0 Å². The third kappa shape index (κ3) is 5.99. The highest BCUT2D eigenvalue weighted by Gasteiger charge is 2.38. The zero-order valence-electron chi connectivity index (χ0n) is 19.6. The summed E-state index contributed by atoms with van der Waals surface area (Å²) in [7, 11) is 0. The number of hydrogen-bond donors (Lipinski definition) is 5. The third-order valence-corrected chi connectivity index (χ3v) is 5.46. The van der Waals surface area contributed by atoms with Crippen molar-refractivity contribution in [1.29, 1.82) is 5.41 Å². The maximum atomic E-state index is 13.3. The number of benzene rings is 2. The number of halogens is 3. The van der Waals surface area contributed by atoms with Gasteiger partial charge in [-0.2, -0.15) is 18.3 Å². The molecule has 7 N–H and O–H groups in total. The maximum Gasteiger partial charge on any atom is 0.433 e. The first kappa shape index (κ1) is 27.0. The van der Waals surface area contributed by atoms with E-state index in [1.165, 1.54) is 6.07 Å². The normalized spacial score (nSPS) is 13.0. The van der Waals surface area contributed by atoms with Crippen LogP contribution < -0.4 is 21.8 Å². The van der Waals surface area contributed by atoms with E-state index in [-0.39, 0.29) is 23.6 Å². The number of alkyl halides is 3. The summed E-state index contributed by atoms with van der Waals surface area (Å²) >= 11 is 0. The summed E-state index contributed by atoms with van der Waals surface area (Å²) < 4.78 is 46.3. The molecule has 1 atom stereocenters. The fourth-order valence-corrected chi connectivity index (χ4v) is 3.71. The van der Waals surface area contributed by atoms with Crippen LogP contribution in [0, 0.1) is 5.41 Å². The Morgan fingerprint density at radius 1 is 1.15 bits per heavy atom. The number of nitrogens with two attached hydrogens (primary N) is 2. The Balaban J connectivity index is 2.73. The molecule has 0 heterocycles. The topological polar surface area (TPSA) is 130 Å². The molecule has 0 radical (unpaired) electrons. The number of aryl methyl sites for hydroxylation is 2. The van der Waals surface area contributed by atoms with E-state index in [1.807, 2.05) is 45.0 Å². The molecule has 1 unspecified atom stereocenters. The van der Waals surface area contributed by atoms with Gasteiger partial charge in [0.05, 0.1) is 0 Å². The van der Waals surface area contributed by atoms with Gasteiger partial charge in [0, 0.05) is 16.7 Å². The van der Waals surface area contributed by atoms with Crippen LogP contribution in [0.4, 0.5) is 13.2 Å². The van der Waals surface area contributed by atoms with E-state index in [1.54, 1.807) is 0 Å². The SMILES string of the molecule is CCCc1cc(C(=N)C(F)(F)F)c(O)c(CCC)c1OC(/C(=N/N)NN)c1ccc(CC)cc1. The van der Waals surface area contributed by atoms with Gasteiger partial charge in [0.2, 0.25) is 0 Å². The van der Waals surface area contributed by atoms with E-state index in [2.05, 4.69) is 10.5 Å². The van der Waals surface area contributed by atoms with Gasteiger partial charge in [-0.25, -0.2) is 5.84 Å². The molecule has 0 aromatic heterocycles. The summed E-state index contributed by atoms with van der Waals surface area (Å²) in [6.07, 6.45) is -3.23. The molecule has 2 rings (SSSR count). The molecule has 0 saturated carbocycles. The highest BCUT2D eigenvalue weighted by atomic mass is 19.4. The molecule has 10 heteroatoms. The first-order valence-corrected chi connectivity index (χ1v) is 11.2. The van der Waals surface area contributed by atoms with Crippen LogP contribution in [0.15, 0.2) is 35.4 Å². The molecular weight excluding hydrogens is 447 g/mol. The fraction of sp³-hybridized carbons (Fsp3) is 0.417. The summed E-state index contributed by atoms with van der Waals surface area (Å²) in [6, 6.07) is 8.68. The van der Waals surface area contributed by atoms with Crippen LogP contribution in [0.1, 0.15) is 67.5 Å².